The van der Waals surface area contributed by atoms with Crippen molar-refractivity contribution in [2.45, 2.75) is 24.6 Å². The maximum absolute atomic E-state index is 9.90. The average molecular weight is 291 g/mol. The summed E-state index contributed by atoms with van der Waals surface area (Å²) in [5.74, 6) is 0.610. The number of pyridine rings is 1. The Kier molecular flexibility index (Phi) is 4.03. The van der Waals surface area contributed by atoms with E-state index in [2.05, 4.69) is 4.98 Å². The van der Waals surface area contributed by atoms with Crippen LogP contribution in [-0.2, 0) is 9.47 Å². The van der Waals surface area contributed by atoms with Crippen LogP contribution < -0.4 is 4.74 Å². The number of aliphatic hydroxyl groups is 2. The highest BCUT2D eigenvalue weighted by atomic mass is 16.7. The van der Waals surface area contributed by atoms with E-state index in [4.69, 9.17) is 14.2 Å². The number of rotatable bonds is 4. The van der Waals surface area contributed by atoms with Crippen LogP contribution in [0.25, 0.3) is 10.9 Å². The summed E-state index contributed by atoms with van der Waals surface area (Å²) in [6.45, 7) is 0.105. The van der Waals surface area contributed by atoms with Crippen LogP contribution >= 0.6 is 0 Å². The summed E-state index contributed by atoms with van der Waals surface area (Å²) in [6.07, 6.45) is -1.91. The lowest BCUT2D eigenvalue weighted by molar-refractivity contribution is -0.152. The van der Waals surface area contributed by atoms with Gasteiger partial charge in [0.05, 0.1) is 0 Å². The number of benzene rings is 1. The largest absolute Gasteiger partial charge is 0.488 e. The second-order valence-electron chi connectivity index (χ2n) is 4.90. The van der Waals surface area contributed by atoms with Crippen LogP contribution in [0, 0.1) is 0 Å². The summed E-state index contributed by atoms with van der Waals surface area (Å²) in [5, 5.41) is 20.6. The van der Waals surface area contributed by atoms with Crippen molar-refractivity contribution in [1.29, 1.82) is 0 Å². The molecule has 3 rings (SSSR count). The van der Waals surface area contributed by atoms with Crippen molar-refractivity contribution in [3.8, 4) is 5.75 Å². The fraction of sp³-hybridized carbons (Fsp3) is 0.400. The molecule has 1 aromatic heterocycles. The third-order valence-electron chi connectivity index (χ3n) is 3.55. The molecule has 0 saturated carbocycles. The van der Waals surface area contributed by atoms with Gasteiger partial charge in [-0.05, 0) is 12.1 Å². The molecule has 0 radical (unpaired) electrons. The zero-order valence-corrected chi connectivity index (χ0v) is 11.5. The summed E-state index contributed by atoms with van der Waals surface area (Å²) in [5.41, 5.74) is 0.747. The first kappa shape index (κ1) is 14.2. The van der Waals surface area contributed by atoms with Gasteiger partial charge in [0, 0.05) is 18.7 Å². The summed E-state index contributed by atoms with van der Waals surface area (Å²) in [4.78, 5) is 4.29. The van der Waals surface area contributed by atoms with Crippen LogP contribution in [-0.4, -0.2) is 53.5 Å². The number of aliphatic hydroxyl groups excluding tert-OH is 2. The molecule has 2 N–H and O–H groups in total. The van der Waals surface area contributed by atoms with Gasteiger partial charge in [0.2, 0.25) is 0 Å². The highest BCUT2D eigenvalue weighted by molar-refractivity contribution is 5.84. The first-order valence-electron chi connectivity index (χ1n) is 6.71. The van der Waals surface area contributed by atoms with Gasteiger partial charge in [-0.3, -0.25) is 4.98 Å². The maximum Gasteiger partial charge on any atom is 0.186 e. The van der Waals surface area contributed by atoms with E-state index in [1.165, 1.54) is 7.11 Å². The Morgan fingerprint density at radius 1 is 1.19 bits per heavy atom. The molecule has 0 bridgehead atoms. The van der Waals surface area contributed by atoms with E-state index in [-0.39, 0.29) is 6.61 Å². The monoisotopic (exact) mass is 291 g/mol. The lowest BCUT2D eigenvalue weighted by Gasteiger charge is -2.15. The number of hydrogen-bond acceptors (Lipinski definition) is 6. The molecule has 6 nitrogen and oxygen atoms in total. The molecule has 1 saturated heterocycles. The topological polar surface area (TPSA) is 81.0 Å². The third-order valence-corrected chi connectivity index (χ3v) is 3.55. The molecule has 4 atom stereocenters. The van der Waals surface area contributed by atoms with Crippen molar-refractivity contribution in [1.82, 2.24) is 4.98 Å². The molecular weight excluding hydrogens is 274 g/mol. The maximum atomic E-state index is 9.90. The van der Waals surface area contributed by atoms with Crippen LogP contribution in [0.2, 0.25) is 0 Å². The summed E-state index contributed by atoms with van der Waals surface area (Å²) >= 11 is 0. The smallest absolute Gasteiger partial charge is 0.186 e. The number of aromatic nitrogens is 1. The minimum atomic E-state index is -1.07. The lowest BCUT2D eigenvalue weighted by Crippen LogP contribution is -2.35. The van der Waals surface area contributed by atoms with Gasteiger partial charge < -0.3 is 24.4 Å². The summed E-state index contributed by atoms with van der Waals surface area (Å²) in [6, 6.07) is 9.43. The van der Waals surface area contributed by atoms with E-state index in [1.54, 1.807) is 12.3 Å². The molecule has 2 aromatic rings. The molecule has 0 unspecified atom stereocenters. The van der Waals surface area contributed by atoms with Crippen molar-refractivity contribution in [3.05, 3.63) is 36.5 Å². The molecule has 1 aromatic carbocycles. The number of nitrogens with zero attached hydrogens (tertiary/aromatic N) is 1. The molecule has 1 fully saturated rings. The molecule has 112 valence electrons. The Balaban J connectivity index is 1.73. The molecule has 21 heavy (non-hydrogen) atoms. The van der Waals surface area contributed by atoms with Gasteiger partial charge in [-0.1, -0.05) is 18.2 Å². The molecule has 2 heterocycles. The predicted octanol–water partition coefficient (Wildman–Crippen LogP) is 0.707. The number of methoxy groups -OCH3 is 1. The molecule has 6 heteroatoms. The molecule has 0 amide bonds. The number of hydrogen-bond donors (Lipinski definition) is 2. The Morgan fingerprint density at radius 2 is 2.00 bits per heavy atom. The van der Waals surface area contributed by atoms with Crippen molar-refractivity contribution in [2.24, 2.45) is 0 Å². The fourth-order valence-corrected chi connectivity index (χ4v) is 2.41. The highest BCUT2D eigenvalue weighted by Crippen LogP contribution is 2.26. The second kappa shape index (κ2) is 5.95. The second-order valence-corrected chi connectivity index (χ2v) is 4.90. The van der Waals surface area contributed by atoms with Crippen LogP contribution in [0.15, 0.2) is 36.5 Å². The van der Waals surface area contributed by atoms with Gasteiger partial charge in [0.15, 0.2) is 6.29 Å². The summed E-state index contributed by atoms with van der Waals surface area (Å²) < 4.78 is 16.0. The highest BCUT2D eigenvalue weighted by Gasteiger charge is 2.43. The van der Waals surface area contributed by atoms with Crippen molar-refractivity contribution < 1.29 is 24.4 Å². The van der Waals surface area contributed by atoms with E-state index in [1.807, 2.05) is 24.3 Å². The normalized spacial score (nSPS) is 28.9. The molecule has 1 aliphatic rings. The minimum absolute atomic E-state index is 0.105. The predicted molar refractivity (Wildman–Crippen MR) is 74.9 cm³/mol. The minimum Gasteiger partial charge on any atom is -0.488 e. The quantitative estimate of drug-likeness (QED) is 0.863. The Hall–Kier alpha value is -1.73. The van der Waals surface area contributed by atoms with Crippen molar-refractivity contribution in [2.75, 3.05) is 13.7 Å². The zero-order valence-electron chi connectivity index (χ0n) is 11.5. The van der Waals surface area contributed by atoms with Crippen LogP contribution in [0.1, 0.15) is 0 Å². The van der Waals surface area contributed by atoms with E-state index < -0.39 is 24.6 Å². The van der Waals surface area contributed by atoms with Crippen LogP contribution in [0.5, 0.6) is 5.75 Å². The van der Waals surface area contributed by atoms with E-state index in [0.29, 0.717) is 5.75 Å². The first-order valence-corrected chi connectivity index (χ1v) is 6.71. The third kappa shape index (κ3) is 2.71. The van der Waals surface area contributed by atoms with Gasteiger partial charge in [0.1, 0.15) is 36.2 Å². The van der Waals surface area contributed by atoms with Gasteiger partial charge in [-0.2, -0.15) is 0 Å². The lowest BCUT2D eigenvalue weighted by atomic mass is 10.1. The fourth-order valence-electron chi connectivity index (χ4n) is 2.41. The first-order chi connectivity index (χ1) is 10.2. The van der Waals surface area contributed by atoms with Gasteiger partial charge in [0.25, 0.3) is 0 Å². The zero-order chi connectivity index (χ0) is 14.8. The van der Waals surface area contributed by atoms with Gasteiger partial charge in [-0.15, -0.1) is 0 Å². The van der Waals surface area contributed by atoms with Crippen molar-refractivity contribution in [3.63, 3.8) is 0 Å². The van der Waals surface area contributed by atoms with Gasteiger partial charge >= 0.3 is 0 Å². The Bertz CT molecular complexity index is 615. The van der Waals surface area contributed by atoms with Gasteiger partial charge in [-0.25, -0.2) is 0 Å². The van der Waals surface area contributed by atoms with E-state index in [0.717, 1.165) is 10.9 Å². The number of ether oxygens (including phenoxy) is 3. The Labute approximate surface area is 121 Å². The standard InChI is InChI=1S/C15H17NO5/c1-19-15-14(18)13(17)11(21-15)8-20-10-6-2-4-9-5-3-7-16-12(9)10/h2-7,11,13-15,17-18H,8H2,1H3/t11-,13-,14-,15+/m1/s1. The molecule has 0 aliphatic carbocycles. The van der Waals surface area contributed by atoms with E-state index in [9.17, 15) is 10.2 Å². The summed E-state index contributed by atoms with van der Waals surface area (Å²) in [7, 11) is 1.42. The van der Waals surface area contributed by atoms with E-state index >= 15 is 0 Å². The SMILES string of the molecule is CO[C@H]1O[C@H](COc2cccc3cccnc23)[C@@H](O)[C@H]1O. The molecule has 1 aliphatic heterocycles. The molecular formula is C15H17NO5. The van der Waals surface area contributed by atoms with Crippen molar-refractivity contribution >= 4 is 10.9 Å². The Morgan fingerprint density at radius 3 is 2.76 bits per heavy atom. The molecule has 0 spiro atoms. The van der Waals surface area contributed by atoms with Crippen LogP contribution in [0.3, 0.4) is 0 Å². The number of para-hydroxylation sites is 1. The van der Waals surface area contributed by atoms with Crippen LogP contribution in [0.4, 0.5) is 0 Å². The average Bonchev–Trinajstić information content (AvgIpc) is 2.80. The number of fused-ring (bicyclic) bond motifs is 1.